The minimum absolute atomic E-state index is 0.0391. The minimum Gasteiger partial charge on any atom is -0.494 e. The molecule has 6 aliphatic heterocycles. The van der Waals surface area contributed by atoms with Gasteiger partial charge in [-0.2, -0.15) is 0 Å². The molecule has 7 heterocycles. The first-order valence-electron chi connectivity index (χ1n) is 30.3. The van der Waals surface area contributed by atoms with Gasteiger partial charge in [-0.05, 0) is 167 Å². The van der Waals surface area contributed by atoms with Crippen LogP contribution in [0.25, 0.3) is 21.8 Å². The maximum atomic E-state index is 13.9. The third-order valence-corrected chi connectivity index (χ3v) is 56.0. The standard InChI is InChI=1S/C56H91I2NO15Si8/c1-41(2)34-76-63-75(31-19-30-62-56(60)48-20-24-51(25-21-48)61-29-18-16-15-17-28-59-54-26-22-49(57)32-52(54)53-33-50(58)23-27-55(53)59)64-77(35-42(3)4)68-79(66-76,37-44(7)8)72-82(40-47(13)14)73-80(67-76,38-45(9)10)69-78(65-75,36-43(5)6)71-81(70-77,74-82)39-46(11)12/h20-27,32-33,41-47H,15-19,28-31,34-40H2,1-14H3. The molecule has 4 aromatic rings. The summed E-state index contributed by atoms with van der Waals surface area (Å²) in [6.07, 6.45) is 4.51. The zero-order valence-corrected chi connectivity index (χ0v) is 63.3. The number of carbonyl (C=O) groups excluding carboxylic acids is 1. The van der Waals surface area contributed by atoms with Gasteiger partial charge in [0.15, 0.2) is 0 Å². The lowest BCUT2D eigenvalue weighted by Crippen LogP contribution is -2.88. The molecular formula is C56H91I2NO15Si8. The molecule has 456 valence electrons. The van der Waals surface area contributed by atoms with Crippen LogP contribution in [0.2, 0.25) is 48.4 Å². The normalized spacial score (nSPS) is 30.9. The second kappa shape index (κ2) is 26.5. The van der Waals surface area contributed by atoms with Gasteiger partial charge in [-0.25, -0.2) is 4.79 Å². The quantitative estimate of drug-likeness (QED) is 0.0241. The van der Waals surface area contributed by atoms with Crippen LogP contribution in [0.1, 0.15) is 139 Å². The van der Waals surface area contributed by atoms with Crippen molar-refractivity contribution in [3.8, 4) is 5.75 Å². The Hall–Kier alpha value is -0.555. The summed E-state index contributed by atoms with van der Waals surface area (Å²) in [6, 6.07) is 23.9. The van der Waals surface area contributed by atoms with Crippen LogP contribution < -0.4 is 4.74 Å². The number of fused-ring (bicyclic) bond motifs is 3. The predicted molar refractivity (Wildman–Crippen MR) is 352 cm³/mol. The van der Waals surface area contributed by atoms with E-state index in [1.165, 1.54) is 28.9 Å². The van der Waals surface area contributed by atoms with E-state index in [-0.39, 0.29) is 54.1 Å². The fourth-order valence-corrected chi connectivity index (χ4v) is 64.8. The lowest BCUT2D eigenvalue weighted by atomic mass is 10.2. The Morgan fingerprint density at radius 1 is 0.415 bits per heavy atom. The molecule has 82 heavy (non-hydrogen) atoms. The van der Waals surface area contributed by atoms with Crippen molar-refractivity contribution in [1.82, 2.24) is 4.57 Å². The van der Waals surface area contributed by atoms with Crippen LogP contribution >= 0.6 is 45.2 Å². The molecule has 0 amide bonds. The largest absolute Gasteiger partial charge is 0.494 e. The Bertz CT molecular complexity index is 2640. The van der Waals surface area contributed by atoms with Crippen molar-refractivity contribution in [3.63, 3.8) is 0 Å². The molecule has 0 spiro atoms. The Labute approximate surface area is 524 Å². The van der Waals surface area contributed by atoms with Gasteiger partial charge in [0, 0.05) is 83.8 Å². The van der Waals surface area contributed by atoms with Gasteiger partial charge in [0.25, 0.3) is 0 Å². The summed E-state index contributed by atoms with van der Waals surface area (Å²) < 4.78 is 112. The number of halogens is 2. The van der Waals surface area contributed by atoms with Crippen LogP contribution in [-0.4, -0.2) is 94.2 Å². The van der Waals surface area contributed by atoms with Gasteiger partial charge in [0.2, 0.25) is 0 Å². The summed E-state index contributed by atoms with van der Waals surface area (Å²) in [6.45, 7) is 31.7. The number of rotatable bonds is 27. The van der Waals surface area contributed by atoms with E-state index in [9.17, 15) is 4.79 Å². The monoisotopic (exact) mass is 1500 g/mol. The number of ether oxygens (including phenoxy) is 2. The van der Waals surface area contributed by atoms with Crippen molar-refractivity contribution >= 4 is 143 Å². The molecule has 0 saturated carbocycles. The van der Waals surface area contributed by atoms with Crippen molar-refractivity contribution in [1.29, 1.82) is 0 Å². The van der Waals surface area contributed by atoms with Crippen molar-refractivity contribution in [2.24, 2.45) is 41.4 Å². The third-order valence-electron chi connectivity index (χ3n) is 14.6. The van der Waals surface area contributed by atoms with Crippen molar-refractivity contribution < 1.29 is 63.7 Å². The molecule has 0 aliphatic carbocycles. The first-order valence-corrected chi connectivity index (χ1v) is 47.9. The van der Waals surface area contributed by atoms with Gasteiger partial charge in [-0.3, -0.25) is 0 Å². The zero-order valence-electron chi connectivity index (χ0n) is 51.0. The van der Waals surface area contributed by atoms with Crippen molar-refractivity contribution in [2.45, 2.75) is 184 Å². The topological polar surface area (TPSA) is 151 Å². The van der Waals surface area contributed by atoms with E-state index >= 15 is 0 Å². The highest BCUT2D eigenvalue weighted by atomic mass is 127. The van der Waals surface area contributed by atoms with Gasteiger partial charge in [0.05, 0.1) is 18.8 Å². The molecule has 0 N–H and O–H groups in total. The number of unbranched alkanes of at least 4 members (excludes halogenated alkanes) is 3. The molecule has 10 rings (SSSR count). The van der Waals surface area contributed by atoms with Gasteiger partial charge in [0.1, 0.15) is 5.75 Å². The van der Waals surface area contributed by atoms with E-state index in [1.54, 1.807) is 12.1 Å². The van der Waals surface area contributed by atoms with Crippen molar-refractivity contribution in [2.75, 3.05) is 13.2 Å². The number of aromatic nitrogens is 1. The summed E-state index contributed by atoms with van der Waals surface area (Å²) in [5.74, 6) is 0.673. The van der Waals surface area contributed by atoms with Crippen LogP contribution in [0.5, 0.6) is 5.75 Å². The maximum absolute atomic E-state index is 13.9. The SMILES string of the molecule is CC(C)C[Si]12O[Si]3(CCCOC(=O)c4ccc(OCCCCCCn5c6ccc(I)cc6c6cc(I)ccc65)cc4)O[Si]4(CC(C)C)O[Si](CC(C)C)(O1)O[Si]1(CC(C)C)O[Si](CC(C)C)(O2)O[Si](CC(C)C)(O3)O[Si](CC(C)C)(O4)O1. The minimum atomic E-state index is -4.22. The fourth-order valence-electron chi connectivity index (χ4n) is 12.3. The highest BCUT2D eigenvalue weighted by Gasteiger charge is 2.83. The molecule has 6 aliphatic rings. The maximum Gasteiger partial charge on any atom is 0.479 e. The Morgan fingerprint density at radius 3 is 1.09 bits per heavy atom. The molecule has 8 bridgehead atoms. The number of hydrogen-bond donors (Lipinski definition) is 0. The molecular weight excluding hydrogens is 1410 g/mol. The second-order valence-corrected chi connectivity index (χ2v) is 53.0. The fraction of sp³-hybridized carbons (Fsp3) is 0.661. The molecule has 0 atom stereocenters. The summed E-state index contributed by atoms with van der Waals surface area (Å²) in [4.78, 5) is 13.9. The summed E-state index contributed by atoms with van der Waals surface area (Å²) in [5, 5.41) is 2.64. The second-order valence-electron chi connectivity index (χ2n) is 26.4. The molecule has 0 radical (unpaired) electrons. The van der Waals surface area contributed by atoms with Gasteiger partial charge < -0.3 is 63.4 Å². The number of esters is 1. The highest BCUT2D eigenvalue weighted by molar-refractivity contribution is 14.1. The van der Waals surface area contributed by atoms with Crippen LogP contribution in [0.4, 0.5) is 0 Å². The average molecular weight is 1500 g/mol. The first kappa shape index (κ1) is 65.9. The van der Waals surface area contributed by atoms with Crippen molar-refractivity contribution in [3.05, 3.63) is 73.4 Å². The summed E-state index contributed by atoms with van der Waals surface area (Å²) >= 11 is 4.81. The highest BCUT2D eigenvalue weighted by Crippen LogP contribution is 2.56. The molecule has 3 aromatic carbocycles. The smallest absolute Gasteiger partial charge is 0.479 e. The number of nitrogens with zero attached hydrogens (tertiary/aromatic N) is 1. The van der Waals surface area contributed by atoms with Gasteiger partial charge >= 0.3 is 76.4 Å². The third kappa shape index (κ3) is 15.7. The van der Waals surface area contributed by atoms with Crippen LogP contribution in [0.3, 0.4) is 0 Å². The average Bonchev–Trinajstić information content (AvgIpc) is 1.44. The number of aryl methyl sites for hydroxylation is 1. The van der Waals surface area contributed by atoms with Gasteiger partial charge in [-0.15, -0.1) is 0 Å². The summed E-state index contributed by atoms with van der Waals surface area (Å²) in [7, 11) is -32.6. The number of benzene rings is 3. The lowest BCUT2D eigenvalue weighted by molar-refractivity contribution is -0.0346. The predicted octanol–water partition coefficient (Wildman–Crippen LogP) is 15.6. The van der Waals surface area contributed by atoms with E-state index in [1.807, 2.05) is 12.1 Å². The zero-order chi connectivity index (χ0) is 59.1. The molecule has 6 fully saturated rings. The molecule has 1 aromatic heterocycles. The van der Waals surface area contributed by atoms with Crippen LogP contribution in [-0.2, 0) is 60.7 Å². The number of hydrogen-bond acceptors (Lipinski definition) is 15. The Balaban J connectivity index is 0.946. The van der Waals surface area contributed by atoms with Crippen LogP contribution in [0, 0.1) is 48.6 Å². The van der Waals surface area contributed by atoms with E-state index in [0.29, 0.717) is 66.6 Å². The van der Waals surface area contributed by atoms with Gasteiger partial charge in [-0.1, -0.05) is 110 Å². The summed E-state index contributed by atoms with van der Waals surface area (Å²) in [5.41, 5.74) is 3.01. The van der Waals surface area contributed by atoms with Crippen LogP contribution in [0.15, 0.2) is 60.7 Å². The van der Waals surface area contributed by atoms with E-state index in [4.69, 9.17) is 58.9 Å². The molecule has 0 unspecified atom stereocenters. The van der Waals surface area contributed by atoms with E-state index < -0.39 is 76.4 Å². The molecule has 26 heteroatoms. The Kier molecular flexibility index (Phi) is 21.3. The Morgan fingerprint density at radius 2 is 0.744 bits per heavy atom. The molecule has 16 nitrogen and oxygen atoms in total. The number of carbonyl (C=O) groups is 1. The van der Waals surface area contributed by atoms with E-state index in [0.717, 1.165) is 32.2 Å². The lowest BCUT2D eigenvalue weighted by Gasteiger charge is -2.64. The first-order chi connectivity index (χ1) is 38.6. The van der Waals surface area contributed by atoms with E-state index in [2.05, 4.69) is 183 Å². The molecule has 6 saturated heterocycles.